The highest BCUT2D eigenvalue weighted by Gasteiger charge is 2.24. The van der Waals surface area contributed by atoms with E-state index in [4.69, 9.17) is 12.3 Å². The molecule has 0 aromatic carbocycles. The minimum absolute atomic E-state index is 0.0273. The highest BCUT2D eigenvalue weighted by molar-refractivity contribution is 5.67. The normalized spacial score (nSPS) is 22.8. The fourth-order valence-electron chi connectivity index (χ4n) is 4.07. The van der Waals surface area contributed by atoms with E-state index >= 15 is 0 Å². The van der Waals surface area contributed by atoms with Gasteiger partial charge in [0, 0.05) is 0 Å². The van der Waals surface area contributed by atoms with Crippen LogP contribution in [-0.4, -0.2) is 32.7 Å². The Balaban J connectivity index is 1.67. The second-order valence-electron chi connectivity index (χ2n) is 7.71. The van der Waals surface area contributed by atoms with Gasteiger partial charge < -0.3 is 5.73 Å². The summed E-state index contributed by atoms with van der Waals surface area (Å²) in [6.07, 6.45) is 6.64. The number of aromatic nitrogens is 4. The van der Waals surface area contributed by atoms with Crippen molar-refractivity contribution in [3.8, 4) is 0 Å². The van der Waals surface area contributed by atoms with Crippen LogP contribution < -0.4 is 16.4 Å². The highest BCUT2D eigenvalue weighted by atomic mass is 15.4. The van der Waals surface area contributed by atoms with E-state index in [1.807, 2.05) is 18.5 Å². The van der Waals surface area contributed by atoms with E-state index in [9.17, 15) is 0 Å². The van der Waals surface area contributed by atoms with E-state index in [-0.39, 0.29) is 12.3 Å². The van der Waals surface area contributed by atoms with Crippen molar-refractivity contribution < 1.29 is 0 Å². The number of nitrogen functional groups attached to an aromatic ring is 1. The molecule has 0 radical (unpaired) electrons. The quantitative estimate of drug-likeness (QED) is 0.537. The van der Waals surface area contributed by atoms with Crippen molar-refractivity contribution >= 4 is 23.0 Å². The molecular formula is C19H28N10. The zero-order valence-electron chi connectivity index (χ0n) is 17.0. The summed E-state index contributed by atoms with van der Waals surface area (Å²) in [5.41, 5.74) is 8.73. The third kappa shape index (κ3) is 3.75. The van der Waals surface area contributed by atoms with Crippen molar-refractivity contribution in [2.24, 2.45) is 10.2 Å². The van der Waals surface area contributed by atoms with Crippen LogP contribution in [0.3, 0.4) is 0 Å². The Morgan fingerprint density at radius 2 is 1.59 bits per heavy atom. The summed E-state index contributed by atoms with van der Waals surface area (Å²) in [7, 11) is 0. The fraction of sp³-hybridized carbons (Fsp3) is 0.632. The Morgan fingerprint density at radius 1 is 0.966 bits per heavy atom. The Bertz CT molecular complexity index is 935. The largest absolute Gasteiger partial charge is 0.382 e. The topological polar surface area (TPSA) is 115 Å². The van der Waals surface area contributed by atoms with Crippen molar-refractivity contribution in [3.63, 3.8) is 0 Å². The molecular weight excluding hydrogens is 368 g/mol. The molecule has 2 atom stereocenters. The fourth-order valence-corrected chi connectivity index (χ4v) is 4.07. The van der Waals surface area contributed by atoms with E-state index in [1.54, 1.807) is 4.68 Å². The molecule has 2 aromatic rings. The van der Waals surface area contributed by atoms with Crippen LogP contribution in [0.5, 0.6) is 0 Å². The summed E-state index contributed by atoms with van der Waals surface area (Å²) < 4.78 is 3.61. The summed E-state index contributed by atoms with van der Waals surface area (Å²) in [6, 6.07) is 0. The Labute approximate surface area is 170 Å². The van der Waals surface area contributed by atoms with Gasteiger partial charge in [-0.05, 0) is 65.5 Å². The molecule has 4 heterocycles. The predicted molar refractivity (Wildman–Crippen MR) is 111 cm³/mol. The van der Waals surface area contributed by atoms with Gasteiger partial charge in [0.25, 0.3) is 5.69 Å². The lowest BCUT2D eigenvalue weighted by atomic mass is 10.1. The maximum atomic E-state index is 7.56. The molecule has 0 amide bonds. The van der Waals surface area contributed by atoms with Gasteiger partial charge in [-0.3, -0.25) is 10.6 Å². The first kappa shape index (κ1) is 19.5. The van der Waals surface area contributed by atoms with E-state index < -0.39 is 0 Å². The van der Waals surface area contributed by atoms with Gasteiger partial charge in [0.05, 0.1) is 18.0 Å². The molecule has 0 spiro atoms. The molecule has 10 nitrogen and oxygen atoms in total. The number of piperidine rings is 2. The molecule has 0 aliphatic carbocycles. The lowest BCUT2D eigenvalue weighted by molar-refractivity contribution is 0.299. The second-order valence-corrected chi connectivity index (χ2v) is 7.71. The van der Waals surface area contributed by atoms with Gasteiger partial charge >= 0.3 is 0 Å². The summed E-state index contributed by atoms with van der Waals surface area (Å²) in [5, 5.41) is 24.9. The number of hydrogen-bond acceptors (Lipinski definition) is 7. The minimum atomic E-state index is 0.0273. The van der Waals surface area contributed by atoms with Gasteiger partial charge in [0.15, 0.2) is 17.3 Å². The monoisotopic (exact) mass is 396 g/mol. The summed E-state index contributed by atoms with van der Waals surface area (Å²) in [5.74, 6) is 0.966. The van der Waals surface area contributed by atoms with Crippen LogP contribution in [0, 0.1) is 20.4 Å². The minimum Gasteiger partial charge on any atom is -0.382 e. The van der Waals surface area contributed by atoms with Gasteiger partial charge in [-0.1, -0.05) is 0 Å². The molecule has 2 saturated heterocycles. The van der Waals surface area contributed by atoms with Crippen LogP contribution >= 0.6 is 0 Å². The SMILES string of the molecule is [C-]#[N+]c1c(C)nn(C2CCCCN2)c1N=Nc1c(C)nn(C2CCCCN2)c1N. The average Bonchev–Trinajstić information content (AvgIpc) is 3.23. The summed E-state index contributed by atoms with van der Waals surface area (Å²) >= 11 is 0. The lowest BCUT2D eigenvalue weighted by Gasteiger charge is -2.24. The van der Waals surface area contributed by atoms with Crippen LogP contribution in [0.1, 0.15) is 62.2 Å². The third-order valence-corrected chi connectivity index (χ3v) is 5.63. The maximum absolute atomic E-state index is 7.56. The predicted octanol–water partition coefficient (Wildman–Crippen LogP) is 3.79. The zero-order valence-corrected chi connectivity index (χ0v) is 17.0. The number of nitrogens with two attached hydrogens (primary N) is 1. The van der Waals surface area contributed by atoms with E-state index in [1.165, 1.54) is 6.42 Å². The van der Waals surface area contributed by atoms with Gasteiger partial charge in [-0.15, -0.1) is 10.2 Å². The van der Waals surface area contributed by atoms with Gasteiger partial charge in [0.2, 0.25) is 0 Å². The Hall–Kier alpha value is -2.77. The Kier molecular flexibility index (Phi) is 5.60. The molecule has 4 rings (SSSR count). The molecule has 2 aromatic heterocycles. The smallest absolute Gasteiger partial charge is 0.254 e. The number of hydrogen-bond donors (Lipinski definition) is 3. The van der Waals surface area contributed by atoms with E-state index in [2.05, 4.69) is 35.9 Å². The number of aryl methyl sites for hydroxylation is 2. The maximum Gasteiger partial charge on any atom is 0.254 e. The van der Waals surface area contributed by atoms with Crippen molar-refractivity contribution in [2.75, 3.05) is 18.8 Å². The van der Waals surface area contributed by atoms with Crippen LogP contribution in [-0.2, 0) is 0 Å². The standard InChI is InChI=1S/C19H28N10/c1-12-16(18(20)28(26-12)14-8-4-6-10-22-14)24-25-19-17(21-3)13(2)27-29(19)15-9-5-7-11-23-15/h14-15,22-23H,4-11,20H2,1-2H3. The van der Waals surface area contributed by atoms with Crippen LogP contribution in [0.4, 0.5) is 23.0 Å². The Morgan fingerprint density at radius 3 is 2.17 bits per heavy atom. The van der Waals surface area contributed by atoms with Crippen molar-refractivity contribution in [1.82, 2.24) is 30.2 Å². The lowest BCUT2D eigenvalue weighted by Crippen LogP contribution is -2.32. The number of nitrogens with one attached hydrogen (secondary N) is 2. The first-order chi connectivity index (χ1) is 14.1. The molecule has 4 N–H and O–H groups in total. The number of rotatable bonds is 4. The van der Waals surface area contributed by atoms with Crippen molar-refractivity contribution in [2.45, 2.75) is 64.7 Å². The van der Waals surface area contributed by atoms with Gasteiger partial charge in [-0.25, -0.2) is 14.2 Å². The van der Waals surface area contributed by atoms with Gasteiger partial charge in [-0.2, -0.15) is 10.2 Å². The zero-order chi connectivity index (χ0) is 20.4. The van der Waals surface area contributed by atoms with Crippen molar-refractivity contribution in [3.05, 3.63) is 22.8 Å². The highest BCUT2D eigenvalue weighted by Crippen LogP contribution is 2.38. The van der Waals surface area contributed by atoms with E-state index in [0.29, 0.717) is 28.7 Å². The molecule has 29 heavy (non-hydrogen) atoms. The third-order valence-electron chi connectivity index (χ3n) is 5.63. The van der Waals surface area contributed by atoms with Crippen LogP contribution in [0.15, 0.2) is 10.2 Å². The molecule has 2 unspecified atom stereocenters. The second kappa shape index (κ2) is 8.31. The number of anilines is 1. The number of nitrogens with zero attached hydrogens (tertiary/aromatic N) is 7. The molecule has 0 bridgehead atoms. The van der Waals surface area contributed by atoms with Crippen LogP contribution in [0.25, 0.3) is 4.85 Å². The molecule has 2 fully saturated rings. The van der Waals surface area contributed by atoms with Gasteiger partial charge in [0.1, 0.15) is 12.3 Å². The van der Waals surface area contributed by atoms with Crippen LogP contribution in [0.2, 0.25) is 0 Å². The molecule has 10 heteroatoms. The average molecular weight is 397 g/mol. The molecule has 2 aliphatic rings. The first-order valence-corrected chi connectivity index (χ1v) is 10.3. The summed E-state index contributed by atoms with van der Waals surface area (Å²) in [6.45, 7) is 13.2. The first-order valence-electron chi connectivity index (χ1n) is 10.3. The van der Waals surface area contributed by atoms with E-state index in [0.717, 1.165) is 50.9 Å². The summed E-state index contributed by atoms with van der Waals surface area (Å²) in [4.78, 5) is 3.64. The molecule has 154 valence electrons. The molecule has 0 saturated carbocycles. The van der Waals surface area contributed by atoms with Crippen molar-refractivity contribution in [1.29, 1.82) is 0 Å². The number of azo groups is 1. The molecule has 2 aliphatic heterocycles.